The van der Waals surface area contributed by atoms with Gasteiger partial charge < -0.3 is 4.90 Å². The third-order valence-corrected chi connectivity index (χ3v) is 11.3. The lowest BCUT2D eigenvalue weighted by molar-refractivity contribution is -0.0436. The smallest absolute Gasteiger partial charge is 0.369 e. The Morgan fingerprint density at radius 2 is 1.63 bits per heavy atom. The van der Waals surface area contributed by atoms with E-state index < -0.39 is 26.1 Å². The molecule has 0 radical (unpaired) electrons. The summed E-state index contributed by atoms with van der Waals surface area (Å²) in [5.41, 5.74) is 0.428. The van der Waals surface area contributed by atoms with Gasteiger partial charge in [-0.15, -0.1) is 0 Å². The van der Waals surface area contributed by atoms with Gasteiger partial charge in [-0.1, -0.05) is 49.2 Å². The average molecular weight is 692 g/mol. The van der Waals surface area contributed by atoms with Crippen LogP contribution in [0.25, 0.3) is 5.57 Å². The second-order valence-electron chi connectivity index (χ2n) is 12.6. The summed E-state index contributed by atoms with van der Waals surface area (Å²) in [5, 5.41) is 0.744. The highest BCUT2D eigenvalue weighted by molar-refractivity contribution is 7.98. The number of carbonyl (C=O) groups excluding carboxylic acids is 1. The van der Waals surface area contributed by atoms with Crippen molar-refractivity contribution >= 4 is 50.6 Å². The lowest BCUT2D eigenvalue weighted by Crippen LogP contribution is -2.47. The van der Waals surface area contributed by atoms with Crippen molar-refractivity contribution in [1.82, 2.24) is 9.62 Å². The highest BCUT2D eigenvalue weighted by Crippen LogP contribution is 2.43. The van der Waals surface area contributed by atoms with Gasteiger partial charge in [0.15, 0.2) is 0 Å². The SMILES string of the molecule is Cc1ccc(SNC(=O)c2ccc(N3CCN(CC4=C(c5ccc(Cl)cc5)CCC(C)(C)C4)CC3)cc2)cc1S(=O)(=O)C(F)(F)F. The maximum Gasteiger partial charge on any atom is 0.501 e. The molecule has 0 unspecified atom stereocenters. The van der Waals surface area contributed by atoms with E-state index in [0.717, 1.165) is 80.7 Å². The molecule has 46 heavy (non-hydrogen) atoms. The number of piperazine rings is 1. The van der Waals surface area contributed by atoms with Crippen LogP contribution in [0.15, 0.2) is 82.1 Å². The van der Waals surface area contributed by atoms with Crippen LogP contribution in [0.1, 0.15) is 54.6 Å². The molecule has 5 rings (SSSR count). The maximum atomic E-state index is 13.1. The van der Waals surface area contributed by atoms with Gasteiger partial charge in [0.05, 0.1) is 4.90 Å². The van der Waals surface area contributed by atoms with Crippen LogP contribution in [0.2, 0.25) is 5.02 Å². The zero-order valence-electron chi connectivity index (χ0n) is 26.0. The Kier molecular flexibility index (Phi) is 10.2. The van der Waals surface area contributed by atoms with E-state index in [-0.39, 0.29) is 15.9 Å². The van der Waals surface area contributed by atoms with Crippen molar-refractivity contribution in [2.24, 2.45) is 5.41 Å². The highest BCUT2D eigenvalue weighted by Gasteiger charge is 2.47. The first kappa shape index (κ1) is 34.3. The number of hydrogen-bond donors (Lipinski definition) is 1. The molecule has 1 amide bonds. The van der Waals surface area contributed by atoms with Crippen LogP contribution in [0.3, 0.4) is 0 Å². The summed E-state index contributed by atoms with van der Waals surface area (Å²) in [6.07, 6.45) is 3.30. The van der Waals surface area contributed by atoms with Gasteiger partial charge in [0, 0.05) is 53.9 Å². The number of aryl methyl sites for hydroxylation is 1. The molecule has 1 aliphatic heterocycles. The molecule has 246 valence electrons. The molecule has 1 saturated heterocycles. The summed E-state index contributed by atoms with van der Waals surface area (Å²) in [5.74, 6) is -0.442. The van der Waals surface area contributed by atoms with E-state index in [1.54, 1.807) is 12.1 Å². The minimum absolute atomic E-state index is 0.0258. The quantitative estimate of drug-likeness (QED) is 0.241. The Hall–Kier alpha value is -2.99. The summed E-state index contributed by atoms with van der Waals surface area (Å²) < 4.78 is 65.7. The van der Waals surface area contributed by atoms with Crippen molar-refractivity contribution in [3.8, 4) is 0 Å². The van der Waals surface area contributed by atoms with Gasteiger partial charge in [0.1, 0.15) is 0 Å². The predicted molar refractivity (Wildman–Crippen MR) is 179 cm³/mol. The fraction of sp³-hybridized carbons (Fsp3) is 0.382. The fourth-order valence-corrected chi connectivity index (χ4v) is 7.91. The van der Waals surface area contributed by atoms with Crippen molar-refractivity contribution in [2.75, 3.05) is 37.6 Å². The number of sulfone groups is 1. The second kappa shape index (κ2) is 13.6. The van der Waals surface area contributed by atoms with Crippen LogP contribution in [0.5, 0.6) is 0 Å². The van der Waals surface area contributed by atoms with E-state index >= 15 is 0 Å². The molecule has 6 nitrogen and oxygen atoms in total. The Bertz CT molecular complexity index is 1720. The molecule has 3 aromatic carbocycles. The zero-order valence-corrected chi connectivity index (χ0v) is 28.3. The molecule has 0 spiro atoms. The van der Waals surface area contributed by atoms with Gasteiger partial charge in [-0.3, -0.25) is 14.4 Å². The summed E-state index contributed by atoms with van der Waals surface area (Å²) in [6, 6.07) is 19.0. The minimum Gasteiger partial charge on any atom is -0.369 e. The number of rotatable bonds is 8. The first-order valence-corrected chi connectivity index (χ1v) is 17.7. The lowest BCUT2D eigenvalue weighted by Gasteiger charge is -2.39. The second-order valence-corrected chi connectivity index (χ2v) is 15.9. The Morgan fingerprint density at radius 1 is 0.978 bits per heavy atom. The monoisotopic (exact) mass is 691 g/mol. The number of nitrogens with one attached hydrogen (secondary N) is 1. The van der Waals surface area contributed by atoms with Crippen LogP contribution < -0.4 is 9.62 Å². The lowest BCUT2D eigenvalue weighted by atomic mass is 9.73. The molecule has 1 heterocycles. The number of nitrogens with zero attached hydrogens (tertiary/aromatic N) is 2. The molecule has 1 aliphatic carbocycles. The number of carbonyl (C=O) groups is 1. The molecule has 0 bridgehead atoms. The molecule has 3 aromatic rings. The first-order chi connectivity index (χ1) is 21.6. The Labute approximate surface area is 278 Å². The highest BCUT2D eigenvalue weighted by atomic mass is 35.5. The molecule has 12 heteroatoms. The zero-order chi connectivity index (χ0) is 33.3. The van der Waals surface area contributed by atoms with E-state index in [0.29, 0.717) is 5.56 Å². The molecule has 0 atom stereocenters. The first-order valence-electron chi connectivity index (χ1n) is 15.1. The topological polar surface area (TPSA) is 69.7 Å². The maximum absolute atomic E-state index is 13.1. The van der Waals surface area contributed by atoms with Crippen LogP contribution in [0, 0.1) is 12.3 Å². The van der Waals surface area contributed by atoms with E-state index in [2.05, 4.69) is 40.5 Å². The van der Waals surface area contributed by atoms with E-state index in [4.69, 9.17) is 11.6 Å². The number of benzene rings is 3. The summed E-state index contributed by atoms with van der Waals surface area (Å²) in [7, 11) is -5.51. The number of halogens is 4. The Morgan fingerprint density at radius 3 is 2.26 bits per heavy atom. The van der Waals surface area contributed by atoms with E-state index in [1.165, 1.54) is 35.8 Å². The molecule has 1 fully saturated rings. The molecular weight excluding hydrogens is 655 g/mol. The molecular formula is C34H37ClF3N3O3S2. The summed E-state index contributed by atoms with van der Waals surface area (Å²) >= 11 is 6.91. The summed E-state index contributed by atoms with van der Waals surface area (Å²) in [6.45, 7) is 10.5. The number of amides is 1. The van der Waals surface area contributed by atoms with Gasteiger partial charge in [-0.2, -0.15) is 13.2 Å². The largest absolute Gasteiger partial charge is 0.501 e. The molecule has 1 N–H and O–H groups in total. The third kappa shape index (κ3) is 7.93. The average Bonchev–Trinajstić information content (AvgIpc) is 3.00. The van der Waals surface area contributed by atoms with E-state index in [1.807, 2.05) is 24.3 Å². The van der Waals surface area contributed by atoms with Gasteiger partial charge in [0.2, 0.25) is 0 Å². The Balaban J connectivity index is 1.17. The van der Waals surface area contributed by atoms with Crippen molar-refractivity contribution in [3.63, 3.8) is 0 Å². The van der Waals surface area contributed by atoms with Crippen LogP contribution >= 0.6 is 23.5 Å². The summed E-state index contributed by atoms with van der Waals surface area (Å²) in [4.78, 5) is 16.9. The van der Waals surface area contributed by atoms with Crippen molar-refractivity contribution < 1.29 is 26.4 Å². The number of alkyl halides is 3. The van der Waals surface area contributed by atoms with E-state index in [9.17, 15) is 26.4 Å². The predicted octanol–water partition coefficient (Wildman–Crippen LogP) is 8.16. The minimum atomic E-state index is -5.51. The molecule has 0 aromatic heterocycles. The van der Waals surface area contributed by atoms with Crippen molar-refractivity contribution in [2.45, 2.75) is 55.3 Å². The van der Waals surface area contributed by atoms with Crippen LogP contribution in [-0.2, 0) is 9.84 Å². The fourth-order valence-electron chi connectivity index (χ4n) is 6.04. The molecule has 0 saturated carbocycles. The van der Waals surface area contributed by atoms with Gasteiger partial charge in [0.25, 0.3) is 15.7 Å². The van der Waals surface area contributed by atoms with Gasteiger partial charge >= 0.3 is 5.51 Å². The van der Waals surface area contributed by atoms with Gasteiger partial charge in [-0.25, -0.2) is 8.42 Å². The van der Waals surface area contributed by atoms with Crippen LogP contribution in [-0.4, -0.2) is 57.5 Å². The standard InChI is InChI=1S/C34H37ClF3N3O3S2/c1-23-4-13-29(20-31(23)46(43,44)34(36,37)38)45-39-32(42)25-7-11-28(12-8-25)41-18-16-40(17-19-41)22-26-21-33(2,3)15-14-30(26)24-5-9-27(35)10-6-24/h4-13,20H,14-19,21-22H2,1-3H3,(H,39,42). The van der Waals surface area contributed by atoms with Crippen molar-refractivity contribution in [3.05, 3.63) is 94.0 Å². The normalized spacial score (nSPS) is 17.7. The number of hydrogen-bond acceptors (Lipinski definition) is 6. The van der Waals surface area contributed by atoms with Crippen LogP contribution in [0.4, 0.5) is 18.9 Å². The van der Waals surface area contributed by atoms with Crippen molar-refractivity contribution in [1.29, 1.82) is 0 Å². The number of allylic oxidation sites excluding steroid dienone is 1. The number of anilines is 1. The third-order valence-electron chi connectivity index (χ3n) is 8.66. The van der Waals surface area contributed by atoms with Gasteiger partial charge in [-0.05, 0) is 109 Å². The molecule has 2 aliphatic rings.